The predicted molar refractivity (Wildman–Crippen MR) is 71.6 cm³/mol. The van der Waals surface area contributed by atoms with Crippen LogP contribution >= 0.6 is 32.9 Å². The number of ether oxygens (including phenoxy) is 1. The Hall–Kier alpha value is 0.447. The maximum atomic E-state index is 10.9. The number of amides is 1. The van der Waals surface area contributed by atoms with Gasteiger partial charge in [0, 0.05) is 19.9 Å². The number of hydrogen-bond donors (Lipinski definition) is 1. The van der Waals surface area contributed by atoms with Crippen molar-refractivity contribution in [1.29, 1.82) is 0 Å². The molecule has 1 amide bonds. The summed E-state index contributed by atoms with van der Waals surface area (Å²) in [5.74, 6) is 0. The summed E-state index contributed by atoms with van der Waals surface area (Å²) in [6.45, 7) is 7.93. The molecule has 1 N–H and O–H groups in total. The topological polar surface area (TPSA) is 38.3 Å². The molecule has 86 valence electrons. The molecule has 0 radical (unpaired) electrons. The van der Waals surface area contributed by atoms with E-state index in [2.05, 4.69) is 40.9 Å². The lowest BCUT2D eigenvalue weighted by Gasteiger charge is -2.15. The van der Waals surface area contributed by atoms with Gasteiger partial charge in [-0.2, -0.15) is 0 Å². The molecular weight excluding hydrogens is 330 g/mol. The highest BCUT2D eigenvalue weighted by Crippen LogP contribution is 2.07. The van der Waals surface area contributed by atoms with Gasteiger partial charge in [-0.25, -0.2) is 4.79 Å². The van der Waals surface area contributed by atoms with Crippen LogP contribution in [0.1, 0.15) is 0 Å². The Balaban J connectivity index is 0. The number of halogens is 2. The quantitative estimate of drug-likeness (QED) is 0.612. The Bertz CT molecular complexity index is 162. The van der Waals surface area contributed by atoms with Crippen molar-refractivity contribution in [3.8, 4) is 0 Å². The van der Waals surface area contributed by atoms with E-state index in [0.717, 1.165) is 11.4 Å². The van der Waals surface area contributed by atoms with E-state index in [0.29, 0.717) is 13.2 Å². The van der Waals surface area contributed by atoms with Gasteiger partial charge in [0.1, 0.15) is 0 Å². The van der Waals surface area contributed by atoms with Crippen LogP contribution in [-0.2, 0) is 4.74 Å². The second-order valence-electron chi connectivity index (χ2n) is 4.06. The van der Waals surface area contributed by atoms with Gasteiger partial charge >= 0.3 is 6.09 Å². The summed E-state index contributed by atoms with van der Waals surface area (Å²) < 4.78 is 4.98. The molecule has 0 aliphatic carbocycles. The van der Waals surface area contributed by atoms with Crippen LogP contribution in [-0.4, -0.2) is 32.6 Å². The molecule has 0 unspecified atom stereocenters. The van der Waals surface area contributed by atoms with Gasteiger partial charge in [0.2, 0.25) is 0 Å². The molecule has 6 heteroatoms. The highest BCUT2D eigenvalue weighted by Gasteiger charge is 2.13. The number of alkyl halides is 1. The van der Waals surface area contributed by atoms with Crippen molar-refractivity contribution < 1.29 is 9.53 Å². The lowest BCUT2D eigenvalue weighted by molar-refractivity contribution is 0.152. The standard InChI is InChI=1S/C8H18BrNO2Si.BrH/c1-13(2,3)7-6-12-8(11)10-5-4-9;/h4-7H2,1-3H3,(H,10,11);1H. The maximum Gasteiger partial charge on any atom is 0.407 e. The fourth-order valence-electron chi connectivity index (χ4n) is 0.650. The van der Waals surface area contributed by atoms with E-state index in [1.54, 1.807) is 0 Å². The normalized spacial score (nSPS) is 10.3. The van der Waals surface area contributed by atoms with Crippen molar-refractivity contribution >= 4 is 47.1 Å². The summed E-state index contributed by atoms with van der Waals surface area (Å²) >= 11 is 3.21. The van der Waals surface area contributed by atoms with Crippen LogP contribution in [0, 0.1) is 0 Å². The zero-order valence-corrected chi connectivity index (χ0v) is 13.2. The number of alkyl carbamates (subject to hydrolysis) is 1. The van der Waals surface area contributed by atoms with E-state index in [1.165, 1.54) is 0 Å². The number of rotatable bonds is 5. The van der Waals surface area contributed by atoms with Crippen molar-refractivity contribution in [2.45, 2.75) is 25.7 Å². The first-order valence-corrected chi connectivity index (χ1v) is 9.25. The molecule has 0 aliphatic heterocycles. The Morgan fingerprint density at radius 3 is 2.43 bits per heavy atom. The van der Waals surface area contributed by atoms with E-state index in [-0.39, 0.29) is 23.1 Å². The molecule has 0 aromatic heterocycles. The summed E-state index contributed by atoms with van der Waals surface area (Å²) in [5.41, 5.74) is 0. The molecule has 14 heavy (non-hydrogen) atoms. The fourth-order valence-corrected chi connectivity index (χ4v) is 1.56. The summed E-state index contributed by atoms with van der Waals surface area (Å²) in [6, 6.07) is 1.02. The molecule has 0 atom stereocenters. The minimum atomic E-state index is -1.07. The summed E-state index contributed by atoms with van der Waals surface area (Å²) in [6.07, 6.45) is -0.308. The smallest absolute Gasteiger partial charge is 0.407 e. The van der Waals surface area contributed by atoms with Crippen molar-refractivity contribution in [1.82, 2.24) is 5.32 Å². The van der Waals surface area contributed by atoms with E-state index in [1.807, 2.05) is 0 Å². The van der Waals surface area contributed by atoms with Crippen LogP contribution < -0.4 is 5.32 Å². The molecule has 0 spiro atoms. The molecule has 0 saturated carbocycles. The van der Waals surface area contributed by atoms with Crippen molar-refractivity contribution in [3.63, 3.8) is 0 Å². The third kappa shape index (κ3) is 12.4. The van der Waals surface area contributed by atoms with Crippen LogP contribution in [0.5, 0.6) is 0 Å². The molecule has 0 heterocycles. The number of carbonyl (C=O) groups excluding carboxylic acids is 1. The zero-order valence-electron chi connectivity index (χ0n) is 8.93. The molecule has 3 nitrogen and oxygen atoms in total. The average Bonchev–Trinajstić information content (AvgIpc) is 1.98. The van der Waals surface area contributed by atoms with Crippen LogP contribution in [0.2, 0.25) is 25.7 Å². The zero-order chi connectivity index (χ0) is 10.3. The van der Waals surface area contributed by atoms with Gasteiger partial charge in [-0.15, -0.1) is 17.0 Å². The van der Waals surface area contributed by atoms with Gasteiger partial charge in [0.15, 0.2) is 0 Å². The Morgan fingerprint density at radius 1 is 1.43 bits per heavy atom. The molecule has 0 rings (SSSR count). The third-order valence-corrected chi connectivity index (χ3v) is 3.55. The first-order valence-electron chi connectivity index (χ1n) is 4.42. The summed E-state index contributed by atoms with van der Waals surface area (Å²) in [5, 5.41) is 3.39. The lowest BCUT2D eigenvalue weighted by Crippen LogP contribution is -2.29. The maximum absolute atomic E-state index is 10.9. The molecular formula is C8H19Br2NO2Si. The highest BCUT2D eigenvalue weighted by molar-refractivity contribution is 9.09. The second kappa shape index (κ2) is 8.73. The molecule has 0 bridgehead atoms. The lowest BCUT2D eigenvalue weighted by atomic mass is 10.7. The van der Waals surface area contributed by atoms with Gasteiger partial charge in [-0.3, -0.25) is 0 Å². The molecule has 0 aromatic carbocycles. The average molecular weight is 349 g/mol. The van der Waals surface area contributed by atoms with Gasteiger partial charge in [0.25, 0.3) is 0 Å². The van der Waals surface area contributed by atoms with Crippen molar-refractivity contribution in [3.05, 3.63) is 0 Å². The Morgan fingerprint density at radius 2 is 2.00 bits per heavy atom. The van der Waals surface area contributed by atoms with Crippen LogP contribution in [0.25, 0.3) is 0 Å². The van der Waals surface area contributed by atoms with Crippen LogP contribution in [0.3, 0.4) is 0 Å². The van der Waals surface area contributed by atoms with Crippen LogP contribution in [0.15, 0.2) is 0 Å². The third-order valence-electron chi connectivity index (χ3n) is 1.45. The van der Waals surface area contributed by atoms with Gasteiger partial charge in [-0.1, -0.05) is 35.6 Å². The van der Waals surface area contributed by atoms with E-state index < -0.39 is 8.07 Å². The molecule has 0 saturated heterocycles. The Labute approximate surface area is 106 Å². The number of hydrogen-bond acceptors (Lipinski definition) is 2. The largest absolute Gasteiger partial charge is 0.450 e. The molecule has 0 aromatic rings. The van der Waals surface area contributed by atoms with Crippen molar-refractivity contribution in [2.75, 3.05) is 18.5 Å². The van der Waals surface area contributed by atoms with Crippen LogP contribution in [0.4, 0.5) is 4.79 Å². The minimum absolute atomic E-state index is 0. The summed E-state index contributed by atoms with van der Waals surface area (Å²) in [4.78, 5) is 10.9. The SMILES string of the molecule is Br.C[Si](C)(C)CCOC(=O)NCCBr. The number of carbonyl (C=O) groups is 1. The second-order valence-corrected chi connectivity index (χ2v) is 10.5. The van der Waals surface area contributed by atoms with Gasteiger partial charge in [-0.05, 0) is 6.04 Å². The van der Waals surface area contributed by atoms with E-state index in [4.69, 9.17) is 4.74 Å². The van der Waals surface area contributed by atoms with Gasteiger partial charge in [0.05, 0.1) is 6.61 Å². The monoisotopic (exact) mass is 347 g/mol. The molecule has 0 aliphatic rings. The van der Waals surface area contributed by atoms with E-state index in [9.17, 15) is 4.79 Å². The molecule has 0 fully saturated rings. The Kier molecular flexibility index (Phi) is 10.5. The van der Waals surface area contributed by atoms with Gasteiger partial charge < -0.3 is 10.1 Å². The highest BCUT2D eigenvalue weighted by atomic mass is 79.9. The minimum Gasteiger partial charge on any atom is -0.450 e. The predicted octanol–water partition coefficient (Wildman–Crippen LogP) is 3.02. The van der Waals surface area contributed by atoms with Crippen molar-refractivity contribution in [2.24, 2.45) is 0 Å². The van der Waals surface area contributed by atoms with E-state index >= 15 is 0 Å². The first kappa shape index (κ1) is 16.9. The summed E-state index contributed by atoms with van der Waals surface area (Å²) in [7, 11) is -1.07. The number of nitrogens with one attached hydrogen (secondary N) is 1. The first-order chi connectivity index (χ1) is 5.95. The fraction of sp³-hybridized carbons (Fsp3) is 0.875.